The Kier molecular flexibility index (Phi) is 3.90. The minimum atomic E-state index is -0.738. The van der Waals surface area contributed by atoms with Crippen molar-refractivity contribution >= 4 is 11.6 Å². The van der Waals surface area contributed by atoms with E-state index in [0.717, 1.165) is 18.2 Å². The van der Waals surface area contributed by atoms with Crippen molar-refractivity contribution in [1.82, 2.24) is 0 Å². The highest BCUT2D eigenvalue weighted by Crippen LogP contribution is 2.47. The average Bonchev–Trinajstić information content (AvgIpc) is 2.59. The molecular formula is C21H20O7. The van der Waals surface area contributed by atoms with E-state index < -0.39 is 23.1 Å². The summed E-state index contributed by atoms with van der Waals surface area (Å²) in [5.41, 5.74) is -1.02. The minimum absolute atomic E-state index is 0.164. The van der Waals surface area contributed by atoms with Crippen LogP contribution in [0.4, 0.5) is 0 Å². The molecule has 0 bridgehead atoms. The molecule has 1 saturated heterocycles. The number of ketones is 2. The summed E-state index contributed by atoms with van der Waals surface area (Å²) in [7, 11) is 0. The Morgan fingerprint density at radius 3 is 2.25 bits per heavy atom. The van der Waals surface area contributed by atoms with E-state index in [0.29, 0.717) is 12.8 Å². The molecule has 28 heavy (non-hydrogen) atoms. The largest absolute Gasteiger partial charge is 0.508 e. The van der Waals surface area contributed by atoms with Crippen molar-refractivity contribution < 1.29 is 34.8 Å². The summed E-state index contributed by atoms with van der Waals surface area (Å²) < 4.78 is 5.78. The van der Waals surface area contributed by atoms with Crippen molar-refractivity contribution in [1.29, 1.82) is 0 Å². The fraction of sp³-hybridized carbons (Fsp3) is 0.333. The smallest absolute Gasteiger partial charge is 0.201 e. The van der Waals surface area contributed by atoms with Crippen LogP contribution in [0.2, 0.25) is 0 Å². The van der Waals surface area contributed by atoms with Gasteiger partial charge in [0.1, 0.15) is 23.0 Å². The molecule has 7 nitrogen and oxygen atoms in total. The van der Waals surface area contributed by atoms with Gasteiger partial charge in [-0.05, 0) is 38.8 Å². The third-order valence-corrected chi connectivity index (χ3v) is 5.54. The highest BCUT2D eigenvalue weighted by Gasteiger charge is 2.39. The molecule has 0 amide bonds. The molecule has 4 rings (SSSR count). The fourth-order valence-corrected chi connectivity index (χ4v) is 4.01. The number of hydrogen-bond acceptors (Lipinski definition) is 7. The highest BCUT2D eigenvalue weighted by molar-refractivity contribution is 6.30. The van der Waals surface area contributed by atoms with Gasteiger partial charge in [-0.25, -0.2) is 0 Å². The number of hydrogen-bond donors (Lipinski definition) is 4. The number of carbonyl (C=O) groups is 2. The van der Waals surface area contributed by atoms with Gasteiger partial charge in [0.05, 0.1) is 23.3 Å². The summed E-state index contributed by atoms with van der Waals surface area (Å²) in [6, 6.07) is 3.20. The van der Waals surface area contributed by atoms with Gasteiger partial charge in [-0.2, -0.15) is 0 Å². The van der Waals surface area contributed by atoms with E-state index in [1.807, 2.05) is 13.8 Å². The molecule has 1 fully saturated rings. The van der Waals surface area contributed by atoms with E-state index in [1.165, 1.54) is 0 Å². The Labute approximate surface area is 160 Å². The molecule has 146 valence electrons. The van der Waals surface area contributed by atoms with Crippen LogP contribution in [0.5, 0.6) is 23.0 Å². The van der Waals surface area contributed by atoms with Crippen LogP contribution in [-0.2, 0) is 4.74 Å². The van der Waals surface area contributed by atoms with Crippen LogP contribution in [0.1, 0.15) is 70.0 Å². The number of aromatic hydroxyl groups is 4. The maximum absolute atomic E-state index is 13.0. The van der Waals surface area contributed by atoms with E-state index in [-0.39, 0.29) is 57.4 Å². The second-order valence-electron chi connectivity index (χ2n) is 7.93. The maximum atomic E-state index is 13.0. The quantitative estimate of drug-likeness (QED) is 0.508. The lowest BCUT2D eigenvalue weighted by molar-refractivity contribution is -0.0615. The van der Waals surface area contributed by atoms with Gasteiger partial charge in [-0.3, -0.25) is 9.59 Å². The molecule has 1 aliphatic heterocycles. The third-order valence-electron chi connectivity index (χ3n) is 5.54. The molecule has 0 spiro atoms. The average molecular weight is 384 g/mol. The van der Waals surface area contributed by atoms with Crippen molar-refractivity contribution in [2.45, 2.75) is 38.2 Å². The molecule has 7 heteroatoms. The molecular weight excluding hydrogens is 364 g/mol. The second kappa shape index (κ2) is 5.97. The molecule has 1 unspecified atom stereocenters. The first-order valence-electron chi connectivity index (χ1n) is 8.99. The lowest BCUT2D eigenvalue weighted by Crippen LogP contribution is -2.33. The Hall–Kier alpha value is -3.06. The number of phenols is 4. The lowest BCUT2D eigenvalue weighted by Gasteiger charge is -2.35. The van der Waals surface area contributed by atoms with Crippen molar-refractivity contribution in [2.24, 2.45) is 0 Å². The molecule has 0 saturated carbocycles. The third kappa shape index (κ3) is 2.62. The molecule has 1 heterocycles. The van der Waals surface area contributed by atoms with Gasteiger partial charge >= 0.3 is 0 Å². The summed E-state index contributed by atoms with van der Waals surface area (Å²) in [6.07, 6.45) is 1.33. The van der Waals surface area contributed by atoms with Crippen LogP contribution in [0, 0.1) is 0 Å². The van der Waals surface area contributed by atoms with Crippen LogP contribution < -0.4 is 0 Å². The van der Waals surface area contributed by atoms with E-state index in [1.54, 1.807) is 0 Å². The van der Waals surface area contributed by atoms with Crippen LogP contribution in [0.25, 0.3) is 0 Å². The summed E-state index contributed by atoms with van der Waals surface area (Å²) in [6.45, 7) is 4.16. The van der Waals surface area contributed by atoms with Gasteiger partial charge in [0, 0.05) is 28.7 Å². The second-order valence-corrected chi connectivity index (χ2v) is 7.93. The predicted molar refractivity (Wildman–Crippen MR) is 98.4 cm³/mol. The Bertz CT molecular complexity index is 1030. The highest BCUT2D eigenvalue weighted by atomic mass is 16.5. The first-order valence-corrected chi connectivity index (χ1v) is 8.99. The number of phenolic OH excluding ortho intramolecular Hbond substituents is 4. The number of carbonyl (C=O) groups excluding carboxylic acids is 2. The molecule has 2 aromatic carbocycles. The minimum Gasteiger partial charge on any atom is -0.508 e. The fourth-order valence-electron chi connectivity index (χ4n) is 4.01. The standard InChI is InChI=1S/C21H20O7/c1-21(2)4-3-9(8-28-21)15-14(24)7-12-17(19(15)26)20(27)16-11(18(12)25)5-10(22)6-13(16)23/h5-7,9,22-24,26H,3-4,8H2,1-2H3. The number of benzene rings is 2. The molecule has 0 aromatic heterocycles. The van der Waals surface area contributed by atoms with E-state index in [2.05, 4.69) is 0 Å². The van der Waals surface area contributed by atoms with Gasteiger partial charge in [0.15, 0.2) is 5.78 Å². The van der Waals surface area contributed by atoms with Crippen molar-refractivity contribution in [3.63, 3.8) is 0 Å². The molecule has 1 aliphatic carbocycles. The Morgan fingerprint density at radius 2 is 1.61 bits per heavy atom. The van der Waals surface area contributed by atoms with Crippen molar-refractivity contribution in [2.75, 3.05) is 6.61 Å². The normalized spacial score (nSPS) is 20.6. The molecule has 2 aromatic rings. The first-order chi connectivity index (χ1) is 13.1. The monoisotopic (exact) mass is 384 g/mol. The predicted octanol–water partition coefficient (Wildman–Crippen LogP) is 2.96. The molecule has 0 radical (unpaired) electrons. The summed E-state index contributed by atoms with van der Waals surface area (Å²) in [5.74, 6) is -3.43. The van der Waals surface area contributed by atoms with Crippen molar-refractivity contribution in [3.05, 3.63) is 46.0 Å². The Morgan fingerprint density at radius 1 is 0.929 bits per heavy atom. The zero-order chi connectivity index (χ0) is 20.4. The van der Waals surface area contributed by atoms with Gasteiger partial charge < -0.3 is 25.2 Å². The number of ether oxygens (including phenoxy) is 1. The summed E-state index contributed by atoms with van der Waals surface area (Å²) in [5, 5.41) is 41.1. The number of rotatable bonds is 1. The van der Waals surface area contributed by atoms with Crippen LogP contribution in [-0.4, -0.2) is 44.2 Å². The zero-order valence-corrected chi connectivity index (χ0v) is 15.4. The van der Waals surface area contributed by atoms with E-state index in [4.69, 9.17) is 4.74 Å². The number of fused-ring (bicyclic) bond motifs is 2. The van der Waals surface area contributed by atoms with Gasteiger partial charge in [-0.1, -0.05) is 0 Å². The SMILES string of the molecule is CC1(C)CCC(c2c(O)cc3c(c2O)C(=O)c2c(O)cc(O)cc2C3=O)CO1. The summed E-state index contributed by atoms with van der Waals surface area (Å²) in [4.78, 5) is 25.8. The molecule has 4 N–H and O–H groups in total. The van der Waals surface area contributed by atoms with E-state index in [9.17, 15) is 30.0 Å². The van der Waals surface area contributed by atoms with Gasteiger partial charge in [0.25, 0.3) is 0 Å². The van der Waals surface area contributed by atoms with Crippen LogP contribution >= 0.6 is 0 Å². The topological polar surface area (TPSA) is 124 Å². The Balaban J connectivity index is 1.87. The molecule has 1 atom stereocenters. The molecule has 2 aliphatic rings. The van der Waals surface area contributed by atoms with Gasteiger partial charge in [-0.15, -0.1) is 0 Å². The van der Waals surface area contributed by atoms with E-state index >= 15 is 0 Å². The zero-order valence-electron chi connectivity index (χ0n) is 15.4. The first kappa shape index (κ1) is 18.3. The van der Waals surface area contributed by atoms with Gasteiger partial charge in [0.2, 0.25) is 5.78 Å². The van der Waals surface area contributed by atoms with Crippen LogP contribution in [0.15, 0.2) is 18.2 Å². The van der Waals surface area contributed by atoms with Crippen LogP contribution in [0.3, 0.4) is 0 Å². The van der Waals surface area contributed by atoms with Crippen molar-refractivity contribution in [3.8, 4) is 23.0 Å². The maximum Gasteiger partial charge on any atom is 0.201 e. The summed E-state index contributed by atoms with van der Waals surface area (Å²) >= 11 is 0. The lowest BCUT2D eigenvalue weighted by atomic mass is 9.79.